The van der Waals surface area contributed by atoms with Gasteiger partial charge in [0.15, 0.2) is 0 Å². The van der Waals surface area contributed by atoms with Crippen LogP contribution in [0.3, 0.4) is 0 Å². The maximum absolute atomic E-state index is 12.1. The van der Waals surface area contributed by atoms with Crippen molar-refractivity contribution in [2.24, 2.45) is 17.8 Å². The first-order chi connectivity index (χ1) is 8.79. The summed E-state index contributed by atoms with van der Waals surface area (Å²) in [6.07, 6.45) is 6.05. The Labute approximate surface area is 107 Å². The molecule has 3 heteroatoms. The number of hydrogen-bond acceptors (Lipinski definition) is 2. The highest BCUT2D eigenvalue weighted by Crippen LogP contribution is 2.54. The average molecular weight is 242 g/mol. The maximum Gasteiger partial charge on any atom is 0.228 e. The van der Waals surface area contributed by atoms with Crippen LogP contribution in [0.5, 0.6) is 0 Å². The zero-order chi connectivity index (χ0) is 12.1. The smallest absolute Gasteiger partial charge is 0.228 e. The van der Waals surface area contributed by atoms with Gasteiger partial charge in [-0.25, -0.2) is 4.98 Å². The van der Waals surface area contributed by atoms with Crippen LogP contribution in [0.4, 0.5) is 5.82 Å². The van der Waals surface area contributed by atoms with Crippen LogP contribution in [0.15, 0.2) is 18.2 Å². The molecule has 4 rings (SSSR count). The molecule has 1 aromatic heterocycles. The van der Waals surface area contributed by atoms with E-state index in [2.05, 4.69) is 16.4 Å². The molecule has 3 fully saturated rings. The molecule has 0 aromatic carbocycles. The topological polar surface area (TPSA) is 42.0 Å². The molecule has 2 atom stereocenters. The molecule has 0 saturated heterocycles. The summed E-state index contributed by atoms with van der Waals surface area (Å²) in [7, 11) is 0. The van der Waals surface area contributed by atoms with Gasteiger partial charge in [0, 0.05) is 17.5 Å². The van der Waals surface area contributed by atoms with Gasteiger partial charge in [-0.2, -0.15) is 0 Å². The number of aromatic nitrogens is 1. The van der Waals surface area contributed by atoms with E-state index < -0.39 is 0 Å². The molecule has 3 aliphatic carbocycles. The minimum absolute atomic E-state index is 0.183. The van der Waals surface area contributed by atoms with Crippen molar-refractivity contribution in [3.63, 3.8) is 0 Å². The standard InChI is InChI=1S/C15H18N2O/c18-15(12-7-10-6-11(10)8-12)17-14-3-1-2-13(16-14)9-4-5-9/h1-3,9-12H,4-8H2,(H,16,17,18). The quantitative estimate of drug-likeness (QED) is 0.885. The van der Waals surface area contributed by atoms with Crippen LogP contribution in [0.2, 0.25) is 0 Å². The molecule has 3 nitrogen and oxygen atoms in total. The zero-order valence-corrected chi connectivity index (χ0v) is 10.4. The monoisotopic (exact) mass is 242 g/mol. The predicted octanol–water partition coefficient (Wildman–Crippen LogP) is 2.94. The molecule has 18 heavy (non-hydrogen) atoms. The van der Waals surface area contributed by atoms with Crippen molar-refractivity contribution < 1.29 is 4.79 Å². The van der Waals surface area contributed by atoms with E-state index in [1.54, 1.807) is 0 Å². The van der Waals surface area contributed by atoms with Gasteiger partial charge in [-0.05, 0) is 56.1 Å². The first-order valence-electron chi connectivity index (χ1n) is 7.07. The Bertz CT molecular complexity index is 485. The summed E-state index contributed by atoms with van der Waals surface area (Å²) in [5, 5.41) is 3.00. The van der Waals surface area contributed by atoms with Crippen molar-refractivity contribution in [3.8, 4) is 0 Å². The second-order valence-electron chi connectivity index (χ2n) is 6.14. The van der Waals surface area contributed by atoms with Gasteiger partial charge in [0.25, 0.3) is 0 Å². The van der Waals surface area contributed by atoms with Crippen LogP contribution >= 0.6 is 0 Å². The highest BCUT2D eigenvalue weighted by Gasteiger charge is 2.48. The van der Waals surface area contributed by atoms with Gasteiger partial charge in [0.05, 0.1) is 0 Å². The normalized spacial score (nSPS) is 33.0. The number of nitrogens with zero attached hydrogens (tertiary/aromatic N) is 1. The molecule has 3 saturated carbocycles. The molecule has 0 spiro atoms. The Kier molecular flexibility index (Phi) is 2.23. The number of carbonyl (C=O) groups is 1. The first-order valence-corrected chi connectivity index (χ1v) is 7.07. The zero-order valence-electron chi connectivity index (χ0n) is 10.4. The summed E-state index contributed by atoms with van der Waals surface area (Å²) in [6, 6.07) is 5.97. The fraction of sp³-hybridized carbons (Fsp3) is 0.600. The van der Waals surface area contributed by atoms with E-state index in [0.717, 1.165) is 36.2 Å². The number of nitrogens with one attached hydrogen (secondary N) is 1. The minimum Gasteiger partial charge on any atom is -0.310 e. The Morgan fingerprint density at radius 2 is 1.94 bits per heavy atom. The Hall–Kier alpha value is -1.38. The first kappa shape index (κ1) is 10.5. The number of rotatable bonds is 3. The molecule has 3 aliphatic rings. The van der Waals surface area contributed by atoms with E-state index in [1.165, 1.54) is 19.3 Å². The molecule has 1 N–H and O–H groups in total. The largest absolute Gasteiger partial charge is 0.310 e. The van der Waals surface area contributed by atoms with Gasteiger partial charge >= 0.3 is 0 Å². The van der Waals surface area contributed by atoms with E-state index in [0.29, 0.717) is 5.92 Å². The lowest BCUT2D eigenvalue weighted by Crippen LogP contribution is -2.22. The van der Waals surface area contributed by atoms with E-state index >= 15 is 0 Å². The summed E-state index contributed by atoms with van der Waals surface area (Å²) in [5.41, 5.74) is 1.14. The summed E-state index contributed by atoms with van der Waals surface area (Å²) >= 11 is 0. The summed E-state index contributed by atoms with van der Waals surface area (Å²) in [4.78, 5) is 16.7. The second-order valence-corrected chi connectivity index (χ2v) is 6.14. The molecule has 0 radical (unpaired) electrons. The van der Waals surface area contributed by atoms with Gasteiger partial charge < -0.3 is 5.32 Å². The van der Waals surface area contributed by atoms with Crippen LogP contribution in [-0.4, -0.2) is 10.9 Å². The lowest BCUT2D eigenvalue weighted by molar-refractivity contribution is -0.120. The maximum atomic E-state index is 12.1. The van der Waals surface area contributed by atoms with Crippen molar-refractivity contribution in [3.05, 3.63) is 23.9 Å². The van der Waals surface area contributed by atoms with Crippen molar-refractivity contribution in [1.82, 2.24) is 4.98 Å². The molecule has 94 valence electrons. The van der Waals surface area contributed by atoms with Crippen molar-refractivity contribution in [1.29, 1.82) is 0 Å². The molecular formula is C15H18N2O. The molecule has 2 unspecified atom stereocenters. The molecule has 0 bridgehead atoms. The van der Waals surface area contributed by atoms with Crippen LogP contribution in [0, 0.1) is 17.8 Å². The number of carbonyl (C=O) groups excluding carboxylic acids is 1. The summed E-state index contributed by atoms with van der Waals surface area (Å²) in [6.45, 7) is 0. The SMILES string of the molecule is O=C(Nc1cccc(C2CC2)n1)C1CC2CC2C1. The fourth-order valence-corrected chi connectivity index (χ4v) is 3.28. The van der Waals surface area contributed by atoms with Gasteiger partial charge in [-0.3, -0.25) is 4.79 Å². The Balaban J connectivity index is 1.43. The lowest BCUT2D eigenvalue weighted by Gasteiger charge is -2.12. The molecule has 1 heterocycles. The second kappa shape index (κ2) is 3.81. The van der Waals surface area contributed by atoms with Crippen LogP contribution in [-0.2, 0) is 4.79 Å². The lowest BCUT2D eigenvalue weighted by atomic mass is 10.0. The average Bonchev–Trinajstić information content (AvgIpc) is 3.29. The van der Waals surface area contributed by atoms with Crippen LogP contribution in [0.1, 0.15) is 43.7 Å². The van der Waals surface area contributed by atoms with Gasteiger partial charge in [0.2, 0.25) is 5.91 Å². The van der Waals surface area contributed by atoms with Crippen LogP contribution in [0.25, 0.3) is 0 Å². The van der Waals surface area contributed by atoms with E-state index in [1.807, 2.05) is 12.1 Å². The van der Waals surface area contributed by atoms with Crippen molar-refractivity contribution >= 4 is 11.7 Å². The minimum atomic E-state index is 0.183. The highest BCUT2D eigenvalue weighted by molar-refractivity contribution is 5.92. The molecule has 1 amide bonds. The molecule has 0 aliphatic heterocycles. The predicted molar refractivity (Wildman–Crippen MR) is 69.2 cm³/mol. The van der Waals surface area contributed by atoms with E-state index in [4.69, 9.17) is 0 Å². The van der Waals surface area contributed by atoms with Crippen LogP contribution < -0.4 is 5.32 Å². The number of pyridine rings is 1. The number of anilines is 1. The Morgan fingerprint density at radius 3 is 2.67 bits per heavy atom. The molecule has 1 aromatic rings. The number of hydrogen-bond donors (Lipinski definition) is 1. The van der Waals surface area contributed by atoms with Crippen molar-refractivity contribution in [2.75, 3.05) is 5.32 Å². The van der Waals surface area contributed by atoms with Gasteiger partial charge in [-0.1, -0.05) is 6.07 Å². The number of fused-ring (bicyclic) bond motifs is 1. The summed E-state index contributed by atoms with van der Waals surface area (Å²) < 4.78 is 0. The van der Waals surface area contributed by atoms with E-state index in [-0.39, 0.29) is 11.8 Å². The Morgan fingerprint density at radius 1 is 1.17 bits per heavy atom. The van der Waals surface area contributed by atoms with Crippen molar-refractivity contribution in [2.45, 2.75) is 38.0 Å². The third kappa shape index (κ3) is 1.92. The fourth-order valence-electron chi connectivity index (χ4n) is 3.28. The third-order valence-corrected chi connectivity index (χ3v) is 4.63. The summed E-state index contributed by atoms with van der Waals surface area (Å²) in [5.74, 6) is 3.51. The number of amides is 1. The van der Waals surface area contributed by atoms with Gasteiger partial charge in [-0.15, -0.1) is 0 Å². The molecular weight excluding hydrogens is 224 g/mol. The highest BCUT2D eigenvalue weighted by atomic mass is 16.1. The third-order valence-electron chi connectivity index (χ3n) is 4.63. The van der Waals surface area contributed by atoms with Gasteiger partial charge in [0.1, 0.15) is 5.82 Å². The van der Waals surface area contributed by atoms with E-state index in [9.17, 15) is 4.79 Å².